The Bertz CT molecular complexity index is 1260. The van der Waals surface area contributed by atoms with Crippen LogP contribution in [0.4, 0.5) is 5.69 Å². The number of carbonyl (C=O) groups excluding carboxylic acids is 2. The average Bonchev–Trinajstić information content (AvgIpc) is 3.38. The highest BCUT2D eigenvalue weighted by molar-refractivity contribution is 7.10. The predicted octanol–water partition coefficient (Wildman–Crippen LogP) is 5.62. The van der Waals surface area contributed by atoms with Gasteiger partial charge >= 0.3 is 0 Å². The van der Waals surface area contributed by atoms with E-state index in [4.69, 9.17) is 4.74 Å². The third kappa shape index (κ3) is 3.41. The number of aliphatic hydroxyl groups excluding tert-OH is 1. The number of rotatable bonds is 4. The molecule has 0 radical (unpaired) electrons. The number of thiophene rings is 1. The molecule has 2 heterocycles. The van der Waals surface area contributed by atoms with Crippen LogP contribution in [0.1, 0.15) is 38.7 Å². The standard InChI is InChI=1S/C26H25NO4S/c1-14-8-6-9-19(17(14)4)27-23(21-10-7-11-32-21)22(25(29)26(27)30)24(28)18-12-16(3)20(31-5)13-15(18)2/h6-13,23,28H,1-5H3/b24-22-. The first-order valence-corrected chi connectivity index (χ1v) is 11.2. The highest BCUT2D eigenvalue weighted by Gasteiger charge is 2.48. The molecule has 6 heteroatoms. The minimum Gasteiger partial charge on any atom is -0.507 e. The second-order valence-corrected chi connectivity index (χ2v) is 9.02. The number of Topliss-reactive ketones (excluding diaryl/α,β-unsaturated/α-hetero) is 1. The number of ether oxygens (including phenoxy) is 1. The van der Waals surface area contributed by atoms with Crippen molar-refractivity contribution in [3.8, 4) is 5.75 Å². The molecule has 0 aliphatic carbocycles. The number of hydrogen-bond acceptors (Lipinski definition) is 5. The molecule has 0 spiro atoms. The topological polar surface area (TPSA) is 66.8 Å². The summed E-state index contributed by atoms with van der Waals surface area (Å²) in [5, 5.41) is 13.3. The second-order valence-electron chi connectivity index (χ2n) is 8.04. The lowest BCUT2D eigenvalue weighted by molar-refractivity contribution is -0.132. The summed E-state index contributed by atoms with van der Waals surface area (Å²) in [6, 6.07) is 12.4. The fraction of sp³-hybridized carbons (Fsp3) is 0.231. The van der Waals surface area contributed by atoms with Crippen molar-refractivity contribution in [2.24, 2.45) is 0 Å². The molecule has 0 bridgehead atoms. The van der Waals surface area contributed by atoms with Crippen molar-refractivity contribution in [1.82, 2.24) is 0 Å². The van der Waals surface area contributed by atoms with Crippen LogP contribution in [-0.2, 0) is 9.59 Å². The number of nitrogens with zero attached hydrogens (tertiary/aromatic N) is 1. The van der Waals surface area contributed by atoms with E-state index in [-0.39, 0.29) is 11.3 Å². The second kappa shape index (κ2) is 8.28. The first-order valence-electron chi connectivity index (χ1n) is 10.3. The Kier molecular flexibility index (Phi) is 5.65. The number of benzene rings is 2. The van der Waals surface area contributed by atoms with Gasteiger partial charge in [0.1, 0.15) is 17.6 Å². The van der Waals surface area contributed by atoms with Crippen molar-refractivity contribution in [2.75, 3.05) is 12.0 Å². The number of methoxy groups -OCH3 is 1. The molecule has 4 rings (SSSR count). The zero-order chi connectivity index (χ0) is 23.2. The third-order valence-electron chi connectivity index (χ3n) is 6.09. The van der Waals surface area contributed by atoms with Gasteiger partial charge in [-0.1, -0.05) is 18.2 Å². The fourth-order valence-corrected chi connectivity index (χ4v) is 5.03. The Morgan fingerprint density at radius 2 is 1.75 bits per heavy atom. The third-order valence-corrected chi connectivity index (χ3v) is 7.01. The molecule has 3 aromatic rings. The molecule has 1 saturated heterocycles. The number of carbonyl (C=O) groups is 2. The van der Waals surface area contributed by atoms with E-state index < -0.39 is 17.7 Å². The van der Waals surface area contributed by atoms with Crippen LogP contribution in [0.3, 0.4) is 0 Å². The quantitative estimate of drug-likeness (QED) is 0.320. The van der Waals surface area contributed by atoms with E-state index >= 15 is 0 Å². The summed E-state index contributed by atoms with van der Waals surface area (Å²) in [6.07, 6.45) is 0. The number of hydrogen-bond donors (Lipinski definition) is 1. The first kappa shape index (κ1) is 21.8. The molecule has 32 heavy (non-hydrogen) atoms. The van der Waals surface area contributed by atoms with Crippen LogP contribution in [0.2, 0.25) is 0 Å². The zero-order valence-electron chi connectivity index (χ0n) is 18.7. The van der Waals surface area contributed by atoms with Gasteiger partial charge in [0, 0.05) is 16.1 Å². The molecule has 5 nitrogen and oxygen atoms in total. The largest absolute Gasteiger partial charge is 0.507 e. The number of aryl methyl sites for hydroxylation is 3. The maximum absolute atomic E-state index is 13.3. The van der Waals surface area contributed by atoms with Crippen LogP contribution in [0, 0.1) is 27.7 Å². The minimum atomic E-state index is -0.697. The molecule has 1 aliphatic rings. The molecule has 1 aliphatic heterocycles. The van der Waals surface area contributed by atoms with Crippen molar-refractivity contribution in [2.45, 2.75) is 33.7 Å². The van der Waals surface area contributed by atoms with E-state index in [0.717, 1.165) is 27.1 Å². The van der Waals surface area contributed by atoms with E-state index in [1.807, 2.05) is 69.5 Å². The van der Waals surface area contributed by atoms with Gasteiger partial charge in [-0.3, -0.25) is 14.5 Å². The van der Waals surface area contributed by atoms with E-state index in [2.05, 4.69) is 0 Å². The van der Waals surface area contributed by atoms with Crippen LogP contribution in [0.5, 0.6) is 5.75 Å². The minimum absolute atomic E-state index is 0.103. The lowest BCUT2D eigenvalue weighted by atomic mass is 9.95. The number of anilines is 1. The molecule has 164 valence electrons. The van der Waals surface area contributed by atoms with Crippen LogP contribution in [-0.4, -0.2) is 23.9 Å². The summed E-state index contributed by atoms with van der Waals surface area (Å²) >= 11 is 1.45. The van der Waals surface area contributed by atoms with Crippen LogP contribution in [0.25, 0.3) is 5.76 Å². The van der Waals surface area contributed by atoms with Gasteiger partial charge in [-0.05, 0) is 79.6 Å². The summed E-state index contributed by atoms with van der Waals surface area (Å²) in [7, 11) is 1.59. The monoisotopic (exact) mass is 447 g/mol. The lowest BCUT2D eigenvalue weighted by Gasteiger charge is -2.26. The highest BCUT2D eigenvalue weighted by atomic mass is 32.1. The molecule has 2 aromatic carbocycles. The smallest absolute Gasteiger partial charge is 0.300 e. The van der Waals surface area contributed by atoms with Crippen molar-refractivity contribution < 1.29 is 19.4 Å². The van der Waals surface area contributed by atoms with Crippen molar-refractivity contribution in [3.63, 3.8) is 0 Å². The van der Waals surface area contributed by atoms with Gasteiger partial charge in [-0.2, -0.15) is 0 Å². The molecule has 1 aromatic heterocycles. The fourth-order valence-electron chi connectivity index (χ4n) is 4.20. The number of amides is 1. The summed E-state index contributed by atoms with van der Waals surface area (Å²) in [5.74, 6) is -0.793. The Hall–Kier alpha value is -3.38. The maximum Gasteiger partial charge on any atom is 0.300 e. The van der Waals surface area contributed by atoms with E-state index in [1.54, 1.807) is 13.2 Å². The first-order chi connectivity index (χ1) is 15.3. The Morgan fingerprint density at radius 3 is 2.41 bits per heavy atom. The van der Waals surface area contributed by atoms with Crippen molar-refractivity contribution in [3.05, 3.63) is 86.1 Å². The molecule has 1 unspecified atom stereocenters. The predicted molar refractivity (Wildman–Crippen MR) is 127 cm³/mol. The number of ketones is 1. The Morgan fingerprint density at radius 1 is 1.00 bits per heavy atom. The lowest BCUT2D eigenvalue weighted by Crippen LogP contribution is -2.29. The molecular weight excluding hydrogens is 422 g/mol. The highest BCUT2D eigenvalue weighted by Crippen LogP contribution is 2.45. The van der Waals surface area contributed by atoms with Crippen LogP contribution in [0.15, 0.2) is 53.4 Å². The van der Waals surface area contributed by atoms with Gasteiger partial charge in [0.2, 0.25) is 0 Å². The Balaban J connectivity index is 1.98. The summed E-state index contributed by atoms with van der Waals surface area (Å²) in [4.78, 5) is 28.9. The van der Waals surface area contributed by atoms with Gasteiger partial charge < -0.3 is 9.84 Å². The van der Waals surface area contributed by atoms with E-state index in [9.17, 15) is 14.7 Å². The SMILES string of the molecule is COc1cc(C)c(/C(O)=C2/C(=O)C(=O)N(c3cccc(C)c3C)C2c2cccs2)cc1C. The average molecular weight is 448 g/mol. The van der Waals surface area contributed by atoms with Gasteiger partial charge in [0.25, 0.3) is 11.7 Å². The van der Waals surface area contributed by atoms with Gasteiger partial charge in [0.05, 0.1) is 12.7 Å². The van der Waals surface area contributed by atoms with Gasteiger partial charge in [-0.25, -0.2) is 0 Å². The molecule has 1 atom stereocenters. The summed E-state index contributed by atoms with van der Waals surface area (Å²) in [6.45, 7) is 7.63. The Labute approximate surface area is 191 Å². The zero-order valence-corrected chi connectivity index (χ0v) is 19.5. The molecule has 1 amide bonds. The summed E-state index contributed by atoms with van der Waals surface area (Å²) < 4.78 is 5.38. The molecule has 0 saturated carbocycles. The molecule has 1 N–H and O–H groups in total. The van der Waals surface area contributed by atoms with Gasteiger partial charge in [-0.15, -0.1) is 11.3 Å². The van der Waals surface area contributed by atoms with Crippen molar-refractivity contribution >= 4 is 34.5 Å². The summed E-state index contributed by atoms with van der Waals surface area (Å²) in [5.41, 5.74) is 4.83. The van der Waals surface area contributed by atoms with Crippen LogP contribution >= 0.6 is 11.3 Å². The molecule has 1 fully saturated rings. The van der Waals surface area contributed by atoms with Gasteiger partial charge in [0.15, 0.2) is 0 Å². The van der Waals surface area contributed by atoms with Crippen molar-refractivity contribution in [1.29, 1.82) is 0 Å². The number of aliphatic hydroxyl groups is 1. The van der Waals surface area contributed by atoms with Crippen LogP contribution < -0.4 is 9.64 Å². The normalized spacial score (nSPS) is 17.8. The molecular formula is C26H25NO4S. The van der Waals surface area contributed by atoms with E-state index in [0.29, 0.717) is 17.0 Å². The van der Waals surface area contributed by atoms with E-state index in [1.165, 1.54) is 16.2 Å². The maximum atomic E-state index is 13.3.